The maximum absolute atomic E-state index is 12.2. The number of hydrogen-bond acceptors (Lipinski definition) is 4. The molecule has 120 valence electrons. The molecular formula is C16H21NO4S. The first-order valence-corrected chi connectivity index (χ1v) is 8.55. The van der Waals surface area contributed by atoms with Crippen molar-refractivity contribution in [3.63, 3.8) is 0 Å². The maximum atomic E-state index is 12.2. The first-order valence-electron chi connectivity index (χ1n) is 7.39. The van der Waals surface area contributed by atoms with Gasteiger partial charge in [-0.1, -0.05) is 19.1 Å². The lowest BCUT2D eigenvalue weighted by Crippen LogP contribution is -2.55. The molecule has 1 aromatic carbocycles. The minimum Gasteiger partial charge on any atom is -0.494 e. The highest BCUT2D eigenvalue weighted by Gasteiger charge is 2.43. The second-order valence-electron chi connectivity index (χ2n) is 5.41. The number of carboxylic acids is 1. The van der Waals surface area contributed by atoms with Gasteiger partial charge in [0.15, 0.2) is 0 Å². The monoisotopic (exact) mass is 323 g/mol. The molecule has 5 nitrogen and oxygen atoms in total. The Morgan fingerprint density at radius 2 is 2.27 bits per heavy atom. The van der Waals surface area contributed by atoms with Gasteiger partial charge in [-0.3, -0.25) is 4.79 Å². The van der Waals surface area contributed by atoms with E-state index in [0.717, 1.165) is 23.5 Å². The predicted octanol–water partition coefficient (Wildman–Crippen LogP) is 2.09. The molecule has 0 saturated carbocycles. The van der Waals surface area contributed by atoms with Crippen LogP contribution in [0.1, 0.15) is 25.3 Å². The number of carboxylic acid groups (broad SMARTS) is 1. The van der Waals surface area contributed by atoms with E-state index in [1.165, 1.54) is 0 Å². The Morgan fingerprint density at radius 3 is 2.91 bits per heavy atom. The Kier molecular flexibility index (Phi) is 5.71. The van der Waals surface area contributed by atoms with Crippen LogP contribution in [0.3, 0.4) is 0 Å². The summed E-state index contributed by atoms with van der Waals surface area (Å²) in [5, 5.41) is 12.1. The molecule has 2 rings (SSSR count). The van der Waals surface area contributed by atoms with E-state index < -0.39 is 11.5 Å². The summed E-state index contributed by atoms with van der Waals surface area (Å²) in [6, 6.07) is 7.36. The Bertz CT molecular complexity index is 541. The topological polar surface area (TPSA) is 75.6 Å². The normalized spacial score (nSPS) is 20.6. The maximum Gasteiger partial charge on any atom is 0.330 e. The van der Waals surface area contributed by atoms with Gasteiger partial charge < -0.3 is 15.2 Å². The molecule has 1 aliphatic rings. The van der Waals surface area contributed by atoms with Crippen LogP contribution < -0.4 is 10.1 Å². The van der Waals surface area contributed by atoms with Gasteiger partial charge in [-0.25, -0.2) is 4.79 Å². The fourth-order valence-electron chi connectivity index (χ4n) is 2.35. The largest absolute Gasteiger partial charge is 0.494 e. The first kappa shape index (κ1) is 16.7. The number of carbonyl (C=O) groups is 2. The number of amides is 1. The zero-order valence-electron chi connectivity index (χ0n) is 12.6. The molecule has 1 fully saturated rings. The zero-order chi connectivity index (χ0) is 16.0. The van der Waals surface area contributed by atoms with Crippen molar-refractivity contribution in [2.24, 2.45) is 0 Å². The standard InChI is InChI=1S/C16H21NO4S/c1-2-7-21-13-5-3-4-12(9-13)10-14(18)17-16(15(19)20)6-8-22-11-16/h3-5,9H,2,6-8,10-11H2,1H3,(H,17,18)(H,19,20). The highest BCUT2D eigenvalue weighted by atomic mass is 32.2. The van der Waals surface area contributed by atoms with Gasteiger partial charge >= 0.3 is 5.97 Å². The minimum absolute atomic E-state index is 0.156. The average Bonchev–Trinajstić information content (AvgIpc) is 2.95. The number of nitrogens with one attached hydrogen (secondary N) is 1. The van der Waals surface area contributed by atoms with Crippen LogP contribution >= 0.6 is 11.8 Å². The highest BCUT2D eigenvalue weighted by Crippen LogP contribution is 2.28. The molecule has 0 aromatic heterocycles. The molecule has 1 aliphatic heterocycles. The summed E-state index contributed by atoms with van der Waals surface area (Å²) in [7, 11) is 0. The molecular weight excluding hydrogens is 302 g/mol. The van der Waals surface area contributed by atoms with Gasteiger partial charge in [0.2, 0.25) is 5.91 Å². The van der Waals surface area contributed by atoms with Crippen LogP contribution in [0.4, 0.5) is 0 Å². The van der Waals surface area contributed by atoms with Crippen molar-refractivity contribution in [3.05, 3.63) is 29.8 Å². The Morgan fingerprint density at radius 1 is 1.45 bits per heavy atom. The van der Waals surface area contributed by atoms with Crippen LogP contribution in [0.25, 0.3) is 0 Å². The van der Waals surface area contributed by atoms with Crippen molar-refractivity contribution in [2.75, 3.05) is 18.1 Å². The van der Waals surface area contributed by atoms with E-state index in [0.29, 0.717) is 18.8 Å². The van der Waals surface area contributed by atoms with E-state index in [-0.39, 0.29) is 12.3 Å². The van der Waals surface area contributed by atoms with E-state index >= 15 is 0 Å². The SMILES string of the molecule is CCCOc1cccc(CC(=O)NC2(C(=O)O)CCSC2)c1. The summed E-state index contributed by atoms with van der Waals surface area (Å²) < 4.78 is 5.54. The van der Waals surface area contributed by atoms with E-state index in [9.17, 15) is 14.7 Å². The quantitative estimate of drug-likeness (QED) is 0.803. The number of benzene rings is 1. The molecule has 22 heavy (non-hydrogen) atoms. The number of hydrogen-bond donors (Lipinski definition) is 2. The van der Waals surface area contributed by atoms with E-state index in [1.807, 2.05) is 31.2 Å². The summed E-state index contributed by atoms with van der Waals surface area (Å²) in [5.74, 6) is 0.695. The molecule has 0 spiro atoms. The summed E-state index contributed by atoms with van der Waals surface area (Å²) in [4.78, 5) is 23.6. The summed E-state index contributed by atoms with van der Waals surface area (Å²) in [6.45, 7) is 2.66. The second kappa shape index (κ2) is 7.54. The molecule has 0 aliphatic carbocycles. The van der Waals surface area contributed by atoms with Gasteiger partial charge in [0.25, 0.3) is 0 Å². The average molecular weight is 323 g/mol. The third-order valence-corrected chi connectivity index (χ3v) is 4.74. The molecule has 1 heterocycles. The fourth-order valence-corrected chi connectivity index (χ4v) is 3.67. The van der Waals surface area contributed by atoms with Crippen LogP contribution in [0.15, 0.2) is 24.3 Å². The van der Waals surface area contributed by atoms with E-state index in [4.69, 9.17) is 4.74 Å². The van der Waals surface area contributed by atoms with Crippen LogP contribution in [0.2, 0.25) is 0 Å². The summed E-state index contributed by atoms with van der Waals surface area (Å²) in [5.41, 5.74) is -0.296. The zero-order valence-corrected chi connectivity index (χ0v) is 13.4. The lowest BCUT2D eigenvalue weighted by Gasteiger charge is -2.24. The van der Waals surface area contributed by atoms with Crippen molar-refractivity contribution in [2.45, 2.75) is 31.7 Å². The Hall–Kier alpha value is -1.69. The van der Waals surface area contributed by atoms with Crippen LogP contribution in [0, 0.1) is 0 Å². The van der Waals surface area contributed by atoms with Crippen molar-refractivity contribution >= 4 is 23.6 Å². The molecule has 0 radical (unpaired) electrons. The number of thioether (sulfide) groups is 1. The molecule has 1 amide bonds. The fraction of sp³-hybridized carbons (Fsp3) is 0.500. The van der Waals surface area contributed by atoms with Crippen LogP contribution in [0.5, 0.6) is 5.75 Å². The molecule has 1 saturated heterocycles. The summed E-state index contributed by atoms with van der Waals surface area (Å²) in [6.07, 6.45) is 1.55. The third kappa shape index (κ3) is 4.16. The minimum atomic E-state index is -1.11. The smallest absolute Gasteiger partial charge is 0.330 e. The van der Waals surface area contributed by atoms with Gasteiger partial charge in [0.05, 0.1) is 13.0 Å². The predicted molar refractivity (Wildman–Crippen MR) is 86.4 cm³/mol. The first-order chi connectivity index (χ1) is 10.6. The van der Waals surface area contributed by atoms with Gasteiger partial charge in [0.1, 0.15) is 11.3 Å². The molecule has 0 bridgehead atoms. The number of ether oxygens (including phenoxy) is 1. The van der Waals surface area contributed by atoms with E-state index in [2.05, 4.69) is 5.32 Å². The van der Waals surface area contributed by atoms with Crippen molar-refractivity contribution < 1.29 is 19.4 Å². The molecule has 1 unspecified atom stereocenters. The van der Waals surface area contributed by atoms with Crippen molar-refractivity contribution in [1.82, 2.24) is 5.32 Å². The lowest BCUT2D eigenvalue weighted by atomic mass is 9.98. The molecule has 1 aromatic rings. The Balaban J connectivity index is 1.98. The molecule has 6 heteroatoms. The number of rotatable bonds is 7. The van der Waals surface area contributed by atoms with Gasteiger partial charge in [0, 0.05) is 5.75 Å². The van der Waals surface area contributed by atoms with E-state index in [1.54, 1.807) is 11.8 Å². The second-order valence-corrected chi connectivity index (χ2v) is 6.52. The molecule has 1 atom stereocenters. The summed E-state index contributed by atoms with van der Waals surface area (Å²) >= 11 is 1.55. The van der Waals surface area contributed by atoms with Gasteiger partial charge in [-0.15, -0.1) is 0 Å². The lowest BCUT2D eigenvalue weighted by molar-refractivity contribution is -0.146. The van der Waals surface area contributed by atoms with Gasteiger partial charge in [-0.05, 0) is 36.3 Å². The van der Waals surface area contributed by atoms with Crippen molar-refractivity contribution in [3.8, 4) is 5.75 Å². The molecule has 2 N–H and O–H groups in total. The van der Waals surface area contributed by atoms with Gasteiger partial charge in [-0.2, -0.15) is 11.8 Å². The van der Waals surface area contributed by atoms with Crippen LogP contribution in [-0.2, 0) is 16.0 Å². The number of carbonyl (C=O) groups excluding carboxylic acids is 1. The Labute approximate surface area is 134 Å². The van der Waals surface area contributed by atoms with Crippen molar-refractivity contribution in [1.29, 1.82) is 0 Å². The van der Waals surface area contributed by atoms with Crippen LogP contribution in [-0.4, -0.2) is 40.6 Å². The third-order valence-electron chi connectivity index (χ3n) is 3.55. The number of aliphatic carboxylic acids is 1. The highest BCUT2D eigenvalue weighted by molar-refractivity contribution is 7.99.